The Kier molecular flexibility index (Phi) is 7.95. The maximum absolute atomic E-state index is 4.56. The van der Waals surface area contributed by atoms with E-state index in [0.29, 0.717) is 0 Å². The first-order valence-electron chi connectivity index (χ1n) is 4.34. The highest BCUT2D eigenvalue weighted by molar-refractivity contribution is 5.47. The van der Waals surface area contributed by atoms with Gasteiger partial charge in [0.05, 0.1) is 7.11 Å². The van der Waals surface area contributed by atoms with Crippen molar-refractivity contribution in [3.05, 3.63) is 42.2 Å². The molecular formula is C11H16O2. The van der Waals surface area contributed by atoms with Crippen molar-refractivity contribution in [2.24, 2.45) is 0 Å². The number of rotatable bonds is 3. The van der Waals surface area contributed by atoms with E-state index in [4.69, 9.17) is 0 Å². The first-order chi connectivity index (χ1) is 6.43. The molecule has 72 valence electrons. The van der Waals surface area contributed by atoms with Crippen molar-refractivity contribution in [2.45, 2.75) is 13.8 Å². The molecule has 1 rings (SSSR count). The van der Waals surface area contributed by atoms with Crippen molar-refractivity contribution in [3.63, 3.8) is 0 Å². The van der Waals surface area contributed by atoms with Gasteiger partial charge in [0, 0.05) is 0 Å². The second-order valence-corrected chi connectivity index (χ2v) is 1.98. The van der Waals surface area contributed by atoms with E-state index in [1.165, 1.54) is 13.4 Å². The van der Waals surface area contributed by atoms with E-state index in [1.54, 1.807) is 0 Å². The maximum Gasteiger partial charge on any atom is 0.130 e. The molecule has 1 aromatic carbocycles. The molecule has 0 N–H and O–H groups in total. The van der Waals surface area contributed by atoms with Crippen LogP contribution in [0.1, 0.15) is 19.4 Å². The Morgan fingerprint density at radius 1 is 1.08 bits per heavy atom. The van der Waals surface area contributed by atoms with Crippen LogP contribution in [0.15, 0.2) is 36.6 Å². The average Bonchev–Trinajstić information content (AvgIpc) is 2.23. The van der Waals surface area contributed by atoms with Crippen molar-refractivity contribution in [1.82, 2.24) is 0 Å². The lowest BCUT2D eigenvalue weighted by Crippen LogP contribution is -1.75. The van der Waals surface area contributed by atoms with Gasteiger partial charge in [0.15, 0.2) is 0 Å². The summed E-state index contributed by atoms with van der Waals surface area (Å²) in [6, 6.07) is 9.86. The minimum atomic E-state index is 1.09. The van der Waals surface area contributed by atoms with E-state index in [-0.39, 0.29) is 0 Å². The van der Waals surface area contributed by atoms with Gasteiger partial charge < -0.3 is 4.89 Å². The van der Waals surface area contributed by atoms with E-state index < -0.39 is 0 Å². The van der Waals surface area contributed by atoms with Gasteiger partial charge in [0.1, 0.15) is 6.26 Å². The van der Waals surface area contributed by atoms with Crippen LogP contribution >= 0.6 is 0 Å². The first kappa shape index (κ1) is 11.7. The molecule has 0 unspecified atom stereocenters. The Labute approximate surface area is 79.7 Å². The van der Waals surface area contributed by atoms with Crippen LogP contribution in [0.4, 0.5) is 0 Å². The fourth-order valence-electron chi connectivity index (χ4n) is 0.726. The normalized spacial score (nSPS) is 9.15. The van der Waals surface area contributed by atoms with Gasteiger partial charge in [-0.25, -0.2) is 0 Å². The Morgan fingerprint density at radius 3 is 2.23 bits per heavy atom. The SMILES string of the molecule is CC.COOC=Cc1ccccc1. The first-order valence-corrected chi connectivity index (χ1v) is 4.34. The molecule has 0 aliphatic rings. The van der Waals surface area contributed by atoms with Crippen LogP contribution < -0.4 is 0 Å². The summed E-state index contributed by atoms with van der Waals surface area (Å²) in [6.07, 6.45) is 3.32. The van der Waals surface area contributed by atoms with Gasteiger partial charge >= 0.3 is 0 Å². The molecule has 0 aliphatic carbocycles. The van der Waals surface area contributed by atoms with Gasteiger partial charge in [-0.15, -0.1) is 0 Å². The van der Waals surface area contributed by atoms with Gasteiger partial charge in [-0.05, 0) is 11.6 Å². The predicted molar refractivity (Wildman–Crippen MR) is 54.9 cm³/mol. The average molecular weight is 180 g/mol. The molecule has 0 aliphatic heterocycles. The third-order valence-electron chi connectivity index (χ3n) is 1.21. The van der Waals surface area contributed by atoms with Gasteiger partial charge in [0.25, 0.3) is 0 Å². The highest BCUT2D eigenvalue weighted by Crippen LogP contribution is 2.00. The second kappa shape index (κ2) is 8.81. The highest BCUT2D eigenvalue weighted by Gasteiger charge is 1.80. The highest BCUT2D eigenvalue weighted by atomic mass is 17.2. The molecule has 2 heteroatoms. The van der Waals surface area contributed by atoms with Crippen LogP contribution in [-0.2, 0) is 9.78 Å². The zero-order valence-corrected chi connectivity index (χ0v) is 8.36. The topological polar surface area (TPSA) is 18.5 Å². The molecule has 0 heterocycles. The largest absolute Gasteiger partial charge is 0.346 e. The summed E-state index contributed by atoms with van der Waals surface area (Å²) in [4.78, 5) is 8.93. The number of benzene rings is 1. The van der Waals surface area contributed by atoms with E-state index >= 15 is 0 Å². The van der Waals surface area contributed by atoms with Crippen molar-refractivity contribution in [3.8, 4) is 0 Å². The van der Waals surface area contributed by atoms with Crippen LogP contribution in [0, 0.1) is 0 Å². The number of hydrogen-bond acceptors (Lipinski definition) is 2. The Bertz CT molecular complexity index is 217. The summed E-state index contributed by atoms with van der Waals surface area (Å²) < 4.78 is 0. The van der Waals surface area contributed by atoms with Crippen LogP contribution in [0.2, 0.25) is 0 Å². The van der Waals surface area contributed by atoms with Gasteiger partial charge in [-0.1, -0.05) is 44.2 Å². The summed E-state index contributed by atoms with van der Waals surface area (Å²) >= 11 is 0. The minimum Gasteiger partial charge on any atom is -0.346 e. The van der Waals surface area contributed by atoms with E-state index in [2.05, 4.69) is 9.78 Å². The van der Waals surface area contributed by atoms with E-state index in [9.17, 15) is 0 Å². The van der Waals surface area contributed by atoms with Gasteiger partial charge in [-0.2, -0.15) is 4.89 Å². The lowest BCUT2D eigenvalue weighted by Gasteiger charge is -1.91. The lowest BCUT2D eigenvalue weighted by molar-refractivity contribution is -0.221. The van der Waals surface area contributed by atoms with E-state index in [0.717, 1.165) is 5.56 Å². The van der Waals surface area contributed by atoms with Crippen LogP contribution in [-0.4, -0.2) is 7.11 Å². The van der Waals surface area contributed by atoms with Crippen LogP contribution in [0.25, 0.3) is 6.08 Å². The Balaban J connectivity index is 0.000000671. The fraction of sp³-hybridized carbons (Fsp3) is 0.273. The molecule has 0 fully saturated rings. The third-order valence-corrected chi connectivity index (χ3v) is 1.21. The Morgan fingerprint density at radius 2 is 1.69 bits per heavy atom. The minimum absolute atomic E-state index is 1.09. The second-order valence-electron chi connectivity index (χ2n) is 1.98. The standard InChI is InChI=1S/C9H10O2.C2H6/c1-10-11-8-7-9-5-3-2-4-6-9;1-2/h2-8H,1H3;1-2H3. The molecule has 0 spiro atoms. The van der Waals surface area contributed by atoms with Gasteiger partial charge in [-0.3, -0.25) is 0 Å². The van der Waals surface area contributed by atoms with Crippen molar-refractivity contribution < 1.29 is 9.78 Å². The molecule has 0 aromatic heterocycles. The molecular weight excluding hydrogens is 164 g/mol. The molecule has 0 amide bonds. The smallest absolute Gasteiger partial charge is 0.130 e. The van der Waals surface area contributed by atoms with Gasteiger partial charge in [0.2, 0.25) is 0 Å². The summed E-state index contributed by atoms with van der Waals surface area (Å²) in [7, 11) is 1.47. The molecule has 1 aromatic rings. The molecule has 0 bridgehead atoms. The molecule has 0 saturated heterocycles. The Hall–Kier alpha value is -1.28. The summed E-state index contributed by atoms with van der Waals surface area (Å²) in [5, 5.41) is 0. The van der Waals surface area contributed by atoms with Crippen molar-refractivity contribution in [2.75, 3.05) is 7.11 Å². The van der Waals surface area contributed by atoms with Crippen molar-refractivity contribution in [1.29, 1.82) is 0 Å². The van der Waals surface area contributed by atoms with Crippen molar-refractivity contribution >= 4 is 6.08 Å². The quantitative estimate of drug-likeness (QED) is 0.404. The van der Waals surface area contributed by atoms with Crippen LogP contribution in [0.5, 0.6) is 0 Å². The molecule has 13 heavy (non-hydrogen) atoms. The molecule has 2 nitrogen and oxygen atoms in total. The monoisotopic (exact) mass is 180 g/mol. The fourth-order valence-corrected chi connectivity index (χ4v) is 0.726. The zero-order valence-electron chi connectivity index (χ0n) is 8.36. The zero-order chi connectivity index (χ0) is 9.94. The van der Waals surface area contributed by atoms with Crippen LogP contribution in [0.3, 0.4) is 0 Å². The third kappa shape index (κ3) is 5.93. The molecule has 0 radical (unpaired) electrons. The maximum atomic E-state index is 4.56. The summed E-state index contributed by atoms with van der Waals surface area (Å²) in [6.45, 7) is 4.00. The number of hydrogen-bond donors (Lipinski definition) is 0. The van der Waals surface area contributed by atoms with E-state index in [1.807, 2.05) is 50.3 Å². The summed E-state index contributed by atoms with van der Waals surface area (Å²) in [5.41, 5.74) is 1.09. The predicted octanol–water partition coefficient (Wildman–Crippen LogP) is 3.26. The lowest BCUT2D eigenvalue weighted by atomic mass is 10.2. The summed E-state index contributed by atoms with van der Waals surface area (Å²) in [5.74, 6) is 0. The molecule has 0 saturated carbocycles. The molecule has 0 atom stereocenters.